The minimum Gasteiger partial charge on any atom is -0.325 e. The highest BCUT2D eigenvalue weighted by atomic mass is 32.2. The van der Waals surface area contributed by atoms with E-state index in [0.29, 0.717) is 16.1 Å². The molecule has 6 heteroatoms. The van der Waals surface area contributed by atoms with E-state index < -0.39 is 5.25 Å². The fourth-order valence-corrected chi connectivity index (χ4v) is 4.37. The largest absolute Gasteiger partial charge is 0.325 e. The lowest BCUT2D eigenvalue weighted by Crippen LogP contribution is -2.26. The van der Waals surface area contributed by atoms with Crippen molar-refractivity contribution in [2.75, 3.05) is 5.32 Å². The molecule has 4 aromatic rings. The lowest BCUT2D eigenvalue weighted by atomic mass is 10.1. The number of aryl methyl sites for hydroxylation is 2. The third-order valence-corrected chi connectivity index (χ3v) is 6.43. The summed E-state index contributed by atoms with van der Waals surface area (Å²) in [6, 6.07) is 17.6. The molecule has 0 radical (unpaired) electrons. The Morgan fingerprint density at radius 1 is 1.03 bits per heavy atom. The van der Waals surface area contributed by atoms with E-state index in [9.17, 15) is 9.59 Å². The molecule has 152 valence electrons. The molecule has 0 bridgehead atoms. The van der Waals surface area contributed by atoms with Crippen LogP contribution in [0.4, 0.5) is 5.69 Å². The van der Waals surface area contributed by atoms with Gasteiger partial charge >= 0.3 is 0 Å². The molecule has 0 unspecified atom stereocenters. The van der Waals surface area contributed by atoms with Gasteiger partial charge in [-0.1, -0.05) is 54.2 Å². The molecular weight excluding hydrogens is 394 g/mol. The highest BCUT2D eigenvalue weighted by Gasteiger charge is 2.19. The number of hydrogen-bond donors (Lipinski definition) is 1. The number of nitrogens with zero attached hydrogens (tertiary/aromatic N) is 2. The normalized spacial score (nSPS) is 12.3. The molecule has 0 fully saturated rings. The van der Waals surface area contributed by atoms with Crippen LogP contribution in [0.15, 0.2) is 64.5 Å². The number of carbonyl (C=O) groups is 1. The SMILES string of the molecule is Cc1cccc(C)c1NC(=O)[C@@H](C)Sc1nc2cc3ccccc3cc2c(=O)n1C. The Morgan fingerprint density at radius 3 is 2.33 bits per heavy atom. The summed E-state index contributed by atoms with van der Waals surface area (Å²) in [6.07, 6.45) is 0. The summed E-state index contributed by atoms with van der Waals surface area (Å²) in [6.45, 7) is 5.77. The zero-order valence-corrected chi connectivity index (χ0v) is 18.2. The Labute approximate surface area is 179 Å². The highest BCUT2D eigenvalue weighted by Crippen LogP contribution is 2.26. The van der Waals surface area contributed by atoms with Crippen molar-refractivity contribution in [1.29, 1.82) is 0 Å². The summed E-state index contributed by atoms with van der Waals surface area (Å²) < 4.78 is 1.52. The topological polar surface area (TPSA) is 64.0 Å². The monoisotopic (exact) mass is 417 g/mol. The first-order chi connectivity index (χ1) is 14.3. The first kappa shape index (κ1) is 20.2. The van der Waals surface area contributed by atoms with E-state index in [1.807, 2.05) is 75.4 Å². The van der Waals surface area contributed by atoms with Crippen molar-refractivity contribution in [3.8, 4) is 0 Å². The van der Waals surface area contributed by atoms with E-state index in [1.54, 1.807) is 7.05 Å². The third kappa shape index (κ3) is 3.71. The van der Waals surface area contributed by atoms with E-state index in [0.717, 1.165) is 27.6 Å². The number of anilines is 1. The van der Waals surface area contributed by atoms with E-state index in [-0.39, 0.29) is 11.5 Å². The summed E-state index contributed by atoms with van der Waals surface area (Å²) in [5.41, 5.74) is 3.39. The standard InChI is InChI=1S/C24H23N3O2S/c1-14-8-7-9-15(2)21(14)26-22(28)16(3)30-24-25-20-13-18-11-6-5-10-17(18)12-19(20)23(29)27(24)4/h5-13,16H,1-4H3,(H,26,28)/t16-/m1/s1. The van der Waals surface area contributed by atoms with Gasteiger partial charge < -0.3 is 5.32 Å². The van der Waals surface area contributed by atoms with Crippen LogP contribution >= 0.6 is 11.8 Å². The van der Waals surface area contributed by atoms with Crippen LogP contribution in [0.3, 0.4) is 0 Å². The number of fused-ring (bicyclic) bond motifs is 2. The van der Waals surface area contributed by atoms with Gasteiger partial charge in [-0.25, -0.2) is 4.98 Å². The fraction of sp³-hybridized carbons (Fsp3) is 0.208. The van der Waals surface area contributed by atoms with Gasteiger partial charge in [0.05, 0.1) is 16.2 Å². The molecule has 0 spiro atoms. The minimum atomic E-state index is -0.417. The van der Waals surface area contributed by atoms with Gasteiger partial charge in [-0.05, 0) is 54.8 Å². The second kappa shape index (κ2) is 7.95. The maximum atomic E-state index is 12.9. The molecule has 1 N–H and O–H groups in total. The Balaban J connectivity index is 1.65. The average molecular weight is 418 g/mol. The number of benzene rings is 3. The number of rotatable bonds is 4. The summed E-state index contributed by atoms with van der Waals surface area (Å²) in [5.74, 6) is -0.120. The maximum Gasteiger partial charge on any atom is 0.261 e. The third-order valence-electron chi connectivity index (χ3n) is 5.28. The number of aromatic nitrogens is 2. The van der Waals surface area contributed by atoms with E-state index >= 15 is 0 Å². The van der Waals surface area contributed by atoms with Crippen molar-refractivity contribution in [3.63, 3.8) is 0 Å². The Hall–Kier alpha value is -3.12. The summed E-state index contributed by atoms with van der Waals surface area (Å²) in [5, 5.41) is 5.74. The van der Waals surface area contributed by atoms with Crippen molar-refractivity contribution in [3.05, 3.63) is 76.1 Å². The van der Waals surface area contributed by atoms with E-state index in [2.05, 4.69) is 5.32 Å². The quantitative estimate of drug-likeness (QED) is 0.294. The molecule has 0 aliphatic carbocycles. The first-order valence-corrected chi connectivity index (χ1v) is 10.7. The van der Waals surface area contributed by atoms with Crippen molar-refractivity contribution < 1.29 is 4.79 Å². The van der Waals surface area contributed by atoms with E-state index in [4.69, 9.17) is 4.98 Å². The molecule has 1 amide bonds. The lowest BCUT2D eigenvalue weighted by Gasteiger charge is -2.16. The van der Waals surface area contributed by atoms with Crippen molar-refractivity contribution in [2.45, 2.75) is 31.2 Å². The minimum absolute atomic E-state index is 0.115. The zero-order chi connectivity index (χ0) is 21.4. The number of thioether (sulfide) groups is 1. The molecule has 4 rings (SSSR count). The zero-order valence-electron chi connectivity index (χ0n) is 17.4. The second-order valence-corrected chi connectivity index (χ2v) is 8.80. The molecule has 1 aromatic heterocycles. The number of nitrogens with one attached hydrogen (secondary N) is 1. The van der Waals surface area contributed by atoms with Gasteiger partial charge in [-0.15, -0.1) is 0 Å². The van der Waals surface area contributed by atoms with Gasteiger partial charge in [0, 0.05) is 12.7 Å². The van der Waals surface area contributed by atoms with Gasteiger partial charge in [0.25, 0.3) is 5.56 Å². The summed E-state index contributed by atoms with van der Waals surface area (Å²) >= 11 is 1.28. The van der Waals surface area contributed by atoms with Crippen LogP contribution in [0, 0.1) is 13.8 Å². The molecular formula is C24H23N3O2S. The Bertz CT molecular complexity index is 1320. The smallest absolute Gasteiger partial charge is 0.261 e. The molecule has 1 heterocycles. The number of para-hydroxylation sites is 1. The second-order valence-electron chi connectivity index (χ2n) is 7.49. The molecule has 0 aliphatic rings. The molecule has 1 atom stereocenters. The molecule has 5 nitrogen and oxygen atoms in total. The first-order valence-electron chi connectivity index (χ1n) is 9.78. The number of carbonyl (C=O) groups excluding carboxylic acids is 1. The lowest BCUT2D eigenvalue weighted by molar-refractivity contribution is -0.115. The molecule has 0 saturated heterocycles. The van der Waals surface area contributed by atoms with Crippen LogP contribution in [-0.2, 0) is 11.8 Å². The van der Waals surface area contributed by atoms with Crippen LogP contribution in [0.2, 0.25) is 0 Å². The highest BCUT2D eigenvalue weighted by molar-refractivity contribution is 8.00. The molecule has 0 aliphatic heterocycles. The van der Waals surface area contributed by atoms with Crippen LogP contribution in [-0.4, -0.2) is 20.7 Å². The summed E-state index contributed by atoms with van der Waals surface area (Å²) in [4.78, 5) is 30.4. The van der Waals surface area contributed by atoms with Gasteiger partial charge in [0.15, 0.2) is 5.16 Å². The van der Waals surface area contributed by atoms with Gasteiger partial charge in [0.2, 0.25) is 5.91 Å². The Morgan fingerprint density at radius 2 is 1.67 bits per heavy atom. The van der Waals surface area contributed by atoms with Gasteiger partial charge in [-0.3, -0.25) is 14.2 Å². The molecule has 30 heavy (non-hydrogen) atoms. The fourth-order valence-electron chi connectivity index (χ4n) is 3.49. The molecule has 3 aromatic carbocycles. The van der Waals surface area contributed by atoms with Crippen molar-refractivity contribution in [1.82, 2.24) is 9.55 Å². The van der Waals surface area contributed by atoms with Crippen LogP contribution in [0.5, 0.6) is 0 Å². The predicted molar refractivity (Wildman–Crippen MR) is 124 cm³/mol. The summed E-state index contributed by atoms with van der Waals surface area (Å²) in [7, 11) is 1.70. The average Bonchev–Trinajstić information content (AvgIpc) is 2.73. The van der Waals surface area contributed by atoms with Crippen LogP contribution in [0.1, 0.15) is 18.1 Å². The van der Waals surface area contributed by atoms with E-state index in [1.165, 1.54) is 16.3 Å². The van der Waals surface area contributed by atoms with Crippen LogP contribution in [0.25, 0.3) is 21.7 Å². The van der Waals surface area contributed by atoms with Gasteiger partial charge in [-0.2, -0.15) is 0 Å². The maximum absolute atomic E-state index is 12.9. The van der Waals surface area contributed by atoms with Crippen molar-refractivity contribution >= 4 is 45.0 Å². The van der Waals surface area contributed by atoms with Gasteiger partial charge in [0.1, 0.15) is 0 Å². The number of amides is 1. The molecule has 0 saturated carbocycles. The predicted octanol–water partition coefficient (Wildman–Crippen LogP) is 4.82. The number of hydrogen-bond acceptors (Lipinski definition) is 4. The Kier molecular flexibility index (Phi) is 5.35. The van der Waals surface area contributed by atoms with Crippen molar-refractivity contribution in [2.24, 2.45) is 7.05 Å². The van der Waals surface area contributed by atoms with Crippen LogP contribution < -0.4 is 10.9 Å².